The molecular formula is C22H32N2O4. The van der Waals surface area contributed by atoms with E-state index in [1.54, 1.807) is 6.92 Å². The molecule has 0 aliphatic heterocycles. The number of fused-ring (bicyclic) bond motifs is 1. The Kier molecular flexibility index (Phi) is 6.97. The summed E-state index contributed by atoms with van der Waals surface area (Å²) >= 11 is 0. The molecule has 0 amide bonds. The van der Waals surface area contributed by atoms with Crippen LogP contribution in [-0.4, -0.2) is 47.5 Å². The highest BCUT2D eigenvalue weighted by Crippen LogP contribution is 2.33. The first-order chi connectivity index (χ1) is 13.5. The number of aryl methyl sites for hydroxylation is 2. The number of ether oxygens (including phenoxy) is 2. The second-order valence-corrected chi connectivity index (χ2v) is 7.61. The molecule has 6 nitrogen and oxygen atoms in total. The van der Waals surface area contributed by atoms with Gasteiger partial charge in [0.2, 0.25) is 0 Å². The third-order valence-electron chi connectivity index (χ3n) is 5.58. The van der Waals surface area contributed by atoms with Gasteiger partial charge in [0.25, 0.3) is 0 Å². The maximum Gasteiger partial charge on any atom is 0.355 e. The molecule has 3 rings (SSSR count). The zero-order chi connectivity index (χ0) is 20.1. The minimum atomic E-state index is -0.578. The Balaban J connectivity index is 1.69. The number of hydrogen-bond donors (Lipinski definition) is 2. The van der Waals surface area contributed by atoms with Gasteiger partial charge in [-0.3, -0.25) is 0 Å². The molecule has 2 aromatic rings. The van der Waals surface area contributed by atoms with Crippen LogP contribution in [0.2, 0.25) is 0 Å². The molecule has 0 saturated heterocycles. The number of aliphatic hydroxyl groups excluding tert-OH is 1. The van der Waals surface area contributed by atoms with Crippen LogP contribution in [0, 0.1) is 6.92 Å². The molecule has 1 aromatic carbocycles. The van der Waals surface area contributed by atoms with E-state index < -0.39 is 6.10 Å². The summed E-state index contributed by atoms with van der Waals surface area (Å²) in [4.78, 5) is 12.3. The van der Waals surface area contributed by atoms with Crippen LogP contribution >= 0.6 is 0 Å². The van der Waals surface area contributed by atoms with Gasteiger partial charge in [-0.15, -0.1) is 0 Å². The Hall–Kier alpha value is -2.05. The van der Waals surface area contributed by atoms with Crippen molar-refractivity contribution in [1.82, 2.24) is 9.88 Å². The molecule has 28 heavy (non-hydrogen) atoms. The maximum absolute atomic E-state index is 12.3. The number of aromatic nitrogens is 1. The van der Waals surface area contributed by atoms with E-state index >= 15 is 0 Å². The Morgan fingerprint density at radius 2 is 2.07 bits per heavy atom. The molecular weight excluding hydrogens is 356 g/mol. The summed E-state index contributed by atoms with van der Waals surface area (Å²) in [6.45, 7) is 4.78. The van der Waals surface area contributed by atoms with Crippen molar-refractivity contribution in [2.24, 2.45) is 7.05 Å². The molecule has 1 aliphatic rings. The molecule has 1 unspecified atom stereocenters. The predicted octanol–water partition coefficient (Wildman–Crippen LogP) is 3.33. The van der Waals surface area contributed by atoms with Crippen molar-refractivity contribution in [2.45, 2.75) is 58.1 Å². The summed E-state index contributed by atoms with van der Waals surface area (Å²) in [7, 11) is 1.86. The van der Waals surface area contributed by atoms with E-state index in [1.807, 2.05) is 36.7 Å². The summed E-state index contributed by atoms with van der Waals surface area (Å²) in [5.41, 5.74) is 2.28. The highest BCUT2D eigenvalue weighted by atomic mass is 16.5. The summed E-state index contributed by atoms with van der Waals surface area (Å²) in [5.74, 6) is 0.347. The van der Waals surface area contributed by atoms with E-state index in [0.29, 0.717) is 30.6 Å². The molecule has 6 heteroatoms. The van der Waals surface area contributed by atoms with Gasteiger partial charge in [0.15, 0.2) is 0 Å². The standard InChI is InChI=1S/C22H32N2O4/c1-4-27-22(26)21-15(2)20-18(24(21)3)11-8-12-19(20)28-14-17(25)13-23-16-9-6-5-7-10-16/h8,11-12,16-17,23,25H,4-7,9-10,13-14H2,1-3H3. The number of esters is 1. The van der Waals surface area contributed by atoms with Crippen LogP contribution in [0.15, 0.2) is 18.2 Å². The molecule has 1 fully saturated rings. The Bertz CT molecular complexity index is 808. The Morgan fingerprint density at radius 1 is 1.32 bits per heavy atom. The van der Waals surface area contributed by atoms with Crippen LogP contribution < -0.4 is 10.1 Å². The van der Waals surface area contributed by atoms with Crippen LogP contribution in [0.3, 0.4) is 0 Å². The van der Waals surface area contributed by atoms with E-state index in [2.05, 4.69) is 5.32 Å². The van der Waals surface area contributed by atoms with E-state index in [4.69, 9.17) is 9.47 Å². The fraction of sp³-hybridized carbons (Fsp3) is 0.591. The van der Waals surface area contributed by atoms with Gasteiger partial charge >= 0.3 is 5.97 Å². The van der Waals surface area contributed by atoms with Crippen LogP contribution in [0.4, 0.5) is 0 Å². The van der Waals surface area contributed by atoms with E-state index in [9.17, 15) is 9.90 Å². The number of nitrogens with zero attached hydrogens (tertiary/aromatic N) is 1. The van der Waals surface area contributed by atoms with Crippen molar-refractivity contribution in [3.8, 4) is 5.75 Å². The lowest BCUT2D eigenvalue weighted by atomic mass is 9.95. The van der Waals surface area contributed by atoms with Crippen molar-refractivity contribution in [2.75, 3.05) is 19.8 Å². The highest BCUT2D eigenvalue weighted by molar-refractivity contribution is 6.01. The fourth-order valence-corrected chi connectivity index (χ4v) is 4.13. The molecule has 1 aromatic heterocycles. The monoisotopic (exact) mass is 388 g/mol. The molecule has 1 heterocycles. The SMILES string of the molecule is CCOC(=O)c1c(C)c2c(OCC(O)CNC3CCCCC3)cccc2n1C. The third-order valence-corrected chi connectivity index (χ3v) is 5.58. The lowest BCUT2D eigenvalue weighted by Gasteiger charge is -2.24. The van der Waals surface area contributed by atoms with E-state index in [0.717, 1.165) is 16.5 Å². The first kappa shape index (κ1) is 20.7. The zero-order valence-electron chi connectivity index (χ0n) is 17.2. The minimum Gasteiger partial charge on any atom is -0.490 e. The Morgan fingerprint density at radius 3 is 2.79 bits per heavy atom. The summed E-state index contributed by atoms with van der Waals surface area (Å²) < 4.78 is 13.0. The number of hydrogen-bond acceptors (Lipinski definition) is 5. The van der Waals surface area contributed by atoms with Crippen molar-refractivity contribution in [1.29, 1.82) is 0 Å². The van der Waals surface area contributed by atoms with Crippen LogP contribution in [0.25, 0.3) is 10.9 Å². The zero-order valence-corrected chi connectivity index (χ0v) is 17.2. The van der Waals surface area contributed by atoms with E-state index in [1.165, 1.54) is 32.1 Å². The average Bonchev–Trinajstić information content (AvgIpc) is 2.96. The summed E-state index contributed by atoms with van der Waals surface area (Å²) in [6.07, 6.45) is 5.65. The lowest BCUT2D eigenvalue weighted by molar-refractivity contribution is 0.0515. The van der Waals surface area contributed by atoms with Gasteiger partial charge < -0.3 is 24.5 Å². The fourth-order valence-electron chi connectivity index (χ4n) is 4.13. The number of carbonyl (C=O) groups excluding carboxylic acids is 1. The van der Waals surface area contributed by atoms with Gasteiger partial charge in [-0.25, -0.2) is 4.79 Å². The second-order valence-electron chi connectivity index (χ2n) is 7.61. The minimum absolute atomic E-state index is 0.210. The van der Waals surface area contributed by atoms with Crippen LogP contribution in [0.5, 0.6) is 5.75 Å². The number of nitrogens with one attached hydrogen (secondary N) is 1. The van der Waals surface area contributed by atoms with Crippen molar-refractivity contribution in [3.05, 3.63) is 29.5 Å². The number of benzene rings is 1. The molecule has 154 valence electrons. The average molecular weight is 389 g/mol. The number of aliphatic hydroxyl groups is 1. The Labute approximate surface area is 166 Å². The molecule has 2 N–H and O–H groups in total. The third kappa shape index (κ3) is 4.50. The van der Waals surface area contributed by atoms with Gasteiger partial charge in [0.05, 0.1) is 12.1 Å². The van der Waals surface area contributed by atoms with Gasteiger partial charge in [-0.1, -0.05) is 25.3 Å². The summed E-state index contributed by atoms with van der Waals surface area (Å²) in [6, 6.07) is 6.25. The first-order valence-electron chi connectivity index (χ1n) is 10.3. The smallest absolute Gasteiger partial charge is 0.355 e. The van der Waals surface area contributed by atoms with Crippen molar-refractivity contribution >= 4 is 16.9 Å². The van der Waals surface area contributed by atoms with Crippen LogP contribution in [0.1, 0.15) is 55.1 Å². The van der Waals surface area contributed by atoms with Crippen LogP contribution in [-0.2, 0) is 11.8 Å². The van der Waals surface area contributed by atoms with Gasteiger partial charge in [-0.05, 0) is 44.4 Å². The van der Waals surface area contributed by atoms with Crippen molar-refractivity contribution < 1.29 is 19.4 Å². The van der Waals surface area contributed by atoms with Gasteiger partial charge in [-0.2, -0.15) is 0 Å². The van der Waals surface area contributed by atoms with E-state index in [-0.39, 0.29) is 12.6 Å². The molecule has 0 bridgehead atoms. The topological polar surface area (TPSA) is 72.7 Å². The van der Waals surface area contributed by atoms with Crippen molar-refractivity contribution in [3.63, 3.8) is 0 Å². The molecule has 1 saturated carbocycles. The maximum atomic E-state index is 12.3. The largest absolute Gasteiger partial charge is 0.490 e. The quantitative estimate of drug-likeness (QED) is 0.679. The summed E-state index contributed by atoms with van der Waals surface area (Å²) in [5, 5.41) is 14.7. The molecule has 1 atom stereocenters. The predicted molar refractivity (Wildman–Crippen MR) is 110 cm³/mol. The number of carbonyl (C=O) groups is 1. The normalized spacial score (nSPS) is 16.3. The number of rotatable bonds is 8. The van der Waals surface area contributed by atoms with Gasteiger partial charge in [0, 0.05) is 25.0 Å². The highest BCUT2D eigenvalue weighted by Gasteiger charge is 2.22. The van der Waals surface area contributed by atoms with Gasteiger partial charge in [0.1, 0.15) is 24.2 Å². The second kappa shape index (κ2) is 9.43. The molecule has 1 aliphatic carbocycles. The first-order valence-corrected chi connectivity index (χ1v) is 10.3. The lowest BCUT2D eigenvalue weighted by Crippen LogP contribution is -2.38. The molecule has 0 radical (unpaired) electrons. The molecule has 0 spiro atoms.